The summed E-state index contributed by atoms with van der Waals surface area (Å²) in [6.45, 7) is 0. The standard InChI is InChI=1S/C19H26O2/c20-19(21)15-7-2-1-4-10-17-13-8-9-14-18(17)16-11-5-3-6-12-16/h1,3-6,11-12,17-18H,2,7-10,13-15H2,(H,20,21)/t17-,18-/m1/s1. The molecule has 0 heterocycles. The lowest BCUT2D eigenvalue weighted by molar-refractivity contribution is -0.137. The lowest BCUT2D eigenvalue weighted by atomic mass is 9.74. The Morgan fingerprint density at radius 1 is 1.14 bits per heavy atom. The number of carboxylic acids is 1. The van der Waals surface area contributed by atoms with Crippen LogP contribution in [-0.4, -0.2) is 11.1 Å². The molecule has 0 bridgehead atoms. The molecule has 1 aliphatic carbocycles. The Morgan fingerprint density at radius 3 is 2.67 bits per heavy atom. The van der Waals surface area contributed by atoms with Crippen LogP contribution in [0.1, 0.15) is 62.8 Å². The molecule has 0 unspecified atom stereocenters. The Balaban J connectivity index is 1.82. The van der Waals surface area contributed by atoms with E-state index in [1.807, 2.05) is 0 Å². The third-order valence-electron chi connectivity index (χ3n) is 4.50. The van der Waals surface area contributed by atoms with Gasteiger partial charge in [-0.05, 0) is 49.5 Å². The highest BCUT2D eigenvalue weighted by molar-refractivity contribution is 5.66. The second-order valence-corrected chi connectivity index (χ2v) is 6.05. The van der Waals surface area contributed by atoms with Gasteiger partial charge in [-0.25, -0.2) is 0 Å². The van der Waals surface area contributed by atoms with Gasteiger partial charge in [-0.15, -0.1) is 0 Å². The first kappa shape index (κ1) is 15.8. The minimum absolute atomic E-state index is 0.278. The van der Waals surface area contributed by atoms with E-state index >= 15 is 0 Å². The molecule has 1 aromatic rings. The molecule has 0 amide bonds. The molecule has 1 aromatic carbocycles. The maximum absolute atomic E-state index is 10.5. The summed E-state index contributed by atoms with van der Waals surface area (Å²) in [7, 11) is 0. The van der Waals surface area contributed by atoms with Crippen molar-refractivity contribution < 1.29 is 9.90 Å². The summed E-state index contributed by atoms with van der Waals surface area (Å²) in [5, 5.41) is 8.61. The van der Waals surface area contributed by atoms with Gasteiger partial charge in [-0.2, -0.15) is 0 Å². The maximum Gasteiger partial charge on any atom is 0.303 e. The number of unbranched alkanes of at least 4 members (excludes halogenated alkanes) is 1. The number of carboxylic acid groups (broad SMARTS) is 1. The van der Waals surface area contributed by atoms with Crippen molar-refractivity contribution in [3.05, 3.63) is 48.0 Å². The molecule has 0 radical (unpaired) electrons. The highest BCUT2D eigenvalue weighted by Gasteiger charge is 2.25. The number of carbonyl (C=O) groups is 1. The van der Waals surface area contributed by atoms with Crippen LogP contribution in [0.2, 0.25) is 0 Å². The molecule has 1 fully saturated rings. The Bertz CT molecular complexity index is 450. The summed E-state index contributed by atoms with van der Waals surface area (Å²) in [5.74, 6) is 0.750. The van der Waals surface area contributed by atoms with Crippen LogP contribution in [0.4, 0.5) is 0 Å². The molecule has 114 valence electrons. The molecule has 2 heteroatoms. The van der Waals surface area contributed by atoms with Gasteiger partial charge >= 0.3 is 5.97 Å². The Labute approximate surface area is 127 Å². The van der Waals surface area contributed by atoms with Gasteiger partial charge < -0.3 is 5.11 Å². The topological polar surface area (TPSA) is 37.3 Å². The zero-order chi connectivity index (χ0) is 14.9. The summed E-state index contributed by atoms with van der Waals surface area (Å²) in [5.41, 5.74) is 1.49. The van der Waals surface area contributed by atoms with E-state index in [1.165, 1.54) is 31.2 Å². The highest BCUT2D eigenvalue weighted by atomic mass is 16.4. The van der Waals surface area contributed by atoms with Crippen molar-refractivity contribution in [2.24, 2.45) is 5.92 Å². The van der Waals surface area contributed by atoms with E-state index in [4.69, 9.17) is 5.11 Å². The van der Waals surface area contributed by atoms with Gasteiger partial charge in [-0.3, -0.25) is 4.79 Å². The van der Waals surface area contributed by atoms with Crippen LogP contribution in [0, 0.1) is 5.92 Å². The predicted molar refractivity (Wildman–Crippen MR) is 86.4 cm³/mol. The van der Waals surface area contributed by atoms with E-state index in [2.05, 4.69) is 42.5 Å². The molecule has 2 atom stereocenters. The third kappa shape index (κ3) is 5.37. The van der Waals surface area contributed by atoms with E-state index in [-0.39, 0.29) is 6.42 Å². The Hall–Kier alpha value is -1.57. The second kappa shape index (κ2) is 8.66. The molecule has 2 nitrogen and oxygen atoms in total. The Morgan fingerprint density at radius 2 is 1.90 bits per heavy atom. The molecule has 21 heavy (non-hydrogen) atoms. The first-order valence-corrected chi connectivity index (χ1v) is 8.19. The number of hydrogen-bond donors (Lipinski definition) is 1. The van der Waals surface area contributed by atoms with E-state index in [1.54, 1.807) is 0 Å². The van der Waals surface area contributed by atoms with Gasteiger partial charge in [0.2, 0.25) is 0 Å². The molecule has 1 saturated carbocycles. The summed E-state index contributed by atoms with van der Waals surface area (Å²) in [4.78, 5) is 10.5. The molecule has 0 saturated heterocycles. The molecular formula is C19H26O2. The predicted octanol–water partition coefficient (Wildman–Crippen LogP) is 5.16. The van der Waals surface area contributed by atoms with Crippen LogP contribution in [0.3, 0.4) is 0 Å². The van der Waals surface area contributed by atoms with Crippen LogP contribution in [0.15, 0.2) is 42.5 Å². The maximum atomic E-state index is 10.5. The van der Waals surface area contributed by atoms with Gasteiger partial charge in [0.25, 0.3) is 0 Å². The lowest BCUT2D eigenvalue weighted by Gasteiger charge is -2.31. The van der Waals surface area contributed by atoms with Crippen molar-refractivity contribution in [2.45, 2.75) is 57.3 Å². The first-order chi connectivity index (χ1) is 10.3. The van der Waals surface area contributed by atoms with E-state index < -0.39 is 5.97 Å². The number of rotatable bonds is 7. The second-order valence-electron chi connectivity index (χ2n) is 6.05. The van der Waals surface area contributed by atoms with Crippen molar-refractivity contribution in [3.8, 4) is 0 Å². The normalized spacial score (nSPS) is 22.5. The SMILES string of the molecule is O=C(O)CCCC=CC[C@@H]1CCCC[C@@H]1c1ccccc1. The fourth-order valence-corrected chi connectivity index (χ4v) is 3.39. The zero-order valence-electron chi connectivity index (χ0n) is 12.7. The zero-order valence-corrected chi connectivity index (χ0v) is 12.7. The van der Waals surface area contributed by atoms with E-state index in [9.17, 15) is 4.79 Å². The van der Waals surface area contributed by atoms with Crippen LogP contribution in [-0.2, 0) is 4.79 Å². The monoisotopic (exact) mass is 286 g/mol. The summed E-state index contributed by atoms with van der Waals surface area (Å²) in [6, 6.07) is 10.9. The smallest absolute Gasteiger partial charge is 0.303 e. The van der Waals surface area contributed by atoms with Gasteiger partial charge in [0.05, 0.1) is 0 Å². The van der Waals surface area contributed by atoms with Gasteiger partial charge in [0.1, 0.15) is 0 Å². The molecule has 0 spiro atoms. The van der Waals surface area contributed by atoms with Crippen LogP contribution < -0.4 is 0 Å². The van der Waals surface area contributed by atoms with Gasteiger partial charge in [0, 0.05) is 6.42 Å². The summed E-state index contributed by atoms with van der Waals surface area (Å²) < 4.78 is 0. The van der Waals surface area contributed by atoms with Crippen LogP contribution in [0.5, 0.6) is 0 Å². The molecule has 2 rings (SSSR count). The van der Waals surface area contributed by atoms with Crippen LogP contribution in [0.25, 0.3) is 0 Å². The lowest BCUT2D eigenvalue weighted by Crippen LogP contribution is -2.17. The Kier molecular flexibility index (Phi) is 6.52. The average molecular weight is 286 g/mol. The van der Waals surface area contributed by atoms with Crippen molar-refractivity contribution in [2.75, 3.05) is 0 Å². The minimum atomic E-state index is -0.695. The molecule has 0 aromatic heterocycles. The average Bonchev–Trinajstić information content (AvgIpc) is 2.52. The van der Waals surface area contributed by atoms with E-state index in [0.29, 0.717) is 5.92 Å². The molecule has 1 aliphatic rings. The molecule has 0 aliphatic heterocycles. The van der Waals surface area contributed by atoms with Crippen molar-refractivity contribution in [3.63, 3.8) is 0 Å². The fraction of sp³-hybridized carbons (Fsp3) is 0.526. The number of hydrogen-bond acceptors (Lipinski definition) is 1. The summed E-state index contributed by atoms with van der Waals surface area (Å²) >= 11 is 0. The van der Waals surface area contributed by atoms with Crippen LogP contribution >= 0.6 is 0 Å². The van der Waals surface area contributed by atoms with Crippen molar-refractivity contribution in [1.29, 1.82) is 0 Å². The van der Waals surface area contributed by atoms with Gasteiger partial charge in [0.15, 0.2) is 0 Å². The molecular weight excluding hydrogens is 260 g/mol. The quantitative estimate of drug-likeness (QED) is 0.555. The van der Waals surface area contributed by atoms with Gasteiger partial charge in [-0.1, -0.05) is 55.3 Å². The summed E-state index contributed by atoms with van der Waals surface area (Å²) in [6.07, 6.45) is 12.8. The fourth-order valence-electron chi connectivity index (χ4n) is 3.39. The minimum Gasteiger partial charge on any atom is -0.481 e. The number of benzene rings is 1. The molecule has 1 N–H and O–H groups in total. The largest absolute Gasteiger partial charge is 0.481 e. The van der Waals surface area contributed by atoms with E-state index in [0.717, 1.165) is 25.2 Å². The highest BCUT2D eigenvalue weighted by Crippen LogP contribution is 2.39. The number of aliphatic carboxylic acids is 1. The first-order valence-electron chi connectivity index (χ1n) is 8.19. The van der Waals surface area contributed by atoms with Crippen molar-refractivity contribution in [1.82, 2.24) is 0 Å². The number of allylic oxidation sites excluding steroid dienone is 2. The third-order valence-corrected chi connectivity index (χ3v) is 4.50. The van der Waals surface area contributed by atoms with Crippen molar-refractivity contribution >= 4 is 5.97 Å².